The summed E-state index contributed by atoms with van der Waals surface area (Å²) in [5, 5.41) is 0. The van der Waals surface area contributed by atoms with Crippen LogP contribution in [0.5, 0.6) is 0 Å². The molecular weight excluding hydrogens is 290 g/mol. The van der Waals surface area contributed by atoms with Crippen molar-refractivity contribution in [2.24, 2.45) is 5.92 Å². The third-order valence-electron chi connectivity index (χ3n) is 5.16. The van der Waals surface area contributed by atoms with Crippen molar-refractivity contribution in [3.8, 4) is 0 Å². The minimum Gasteiger partial charge on any atom is -0.340 e. The Bertz CT molecular complexity index is 621. The number of carbonyl (C=O) groups excluding carboxylic acids is 2. The average molecular weight is 315 g/mol. The van der Waals surface area contributed by atoms with Gasteiger partial charge in [0.2, 0.25) is 11.8 Å². The molecule has 5 heteroatoms. The zero-order chi connectivity index (χ0) is 16.6. The van der Waals surface area contributed by atoms with E-state index in [-0.39, 0.29) is 17.7 Å². The lowest BCUT2D eigenvalue weighted by Gasteiger charge is -2.33. The highest BCUT2D eigenvalue weighted by Crippen LogP contribution is 2.30. The van der Waals surface area contributed by atoms with E-state index >= 15 is 0 Å². The molecule has 1 aromatic rings. The highest BCUT2D eigenvalue weighted by atomic mass is 16.2. The zero-order valence-corrected chi connectivity index (χ0v) is 14.2. The van der Waals surface area contributed by atoms with Gasteiger partial charge in [0.1, 0.15) is 0 Å². The molecule has 23 heavy (non-hydrogen) atoms. The Labute approximate surface area is 137 Å². The SMILES string of the molecule is Cc1cccc(N2CC(C(=O)N3CCN(C)CC3)CC2=O)c1C. The van der Waals surface area contributed by atoms with Gasteiger partial charge >= 0.3 is 0 Å². The molecule has 2 aliphatic heterocycles. The molecular formula is C18H25N3O2. The predicted molar refractivity (Wildman–Crippen MR) is 90.5 cm³/mol. The number of carbonyl (C=O) groups is 2. The molecule has 2 amide bonds. The molecule has 0 aliphatic carbocycles. The number of likely N-dealkylation sites (N-methyl/N-ethyl adjacent to an activating group) is 1. The molecule has 1 unspecified atom stereocenters. The summed E-state index contributed by atoms with van der Waals surface area (Å²) >= 11 is 0. The highest BCUT2D eigenvalue weighted by Gasteiger charge is 2.38. The predicted octanol–water partition coefficient (Wildman–Crippen LogP) is 1.43. The van der Waals surface area contributed by atoms with Gasteiger partial charge in [-0.25, -0.2) is 0 Å². The lowest BCUT2D eigenvalue weighted by molar-refractivity contribution is -0.137. The standard InChI is InChI=1S/C18H25N3O2/c1-13-5-4-6-16(14(13)2)21-12-15(11-17(21)22)18(23)20-9-7-19(3)8-10-20/h4-6,15H,7-12H2,1-3H3. The van der Waals surface area contributed by atoms with Crippen molar-refractivity contribution >= 4 is 17.5 Å². The van der Waals surface area contributed by atoms with E-state index in [9.17, 15) is 9.59 Å². The lowest BCUT2D eigenvalue weighted by Crippen LogP contribution is -2.49. The second kappa shape index (κ2) is 6.32. The monoisotopic (exact) mass is 315 g/mol. The molecule has 0 radical (unpaired) electrons. The number of aryl methyl sites for hydroxylation is 1. The minimum atomic E-state index is -0.203. The van der Waals surface area contributed by atoms with Crippen molar-refractivity contribution in [3.63, 3.8) is 0 Å². The molecule has 0 spiro atoms. The molecule has 1 aromatic carbocycles. The summed E-state index contributed by atoms with van der Waals surface area (Å²) in [7, 11) is 2.07. The van der Waals surface area contributed by atoms with Gasteiger partial charge in [-0.15, -0.1) is 0 Å². The number of anilines is 1. The Hall–Kier alpha value is -1.88. The van der Waals surface area contributed by atoms with Crippen LogP contribution in [-0.2, 0) is 9.59 Å². The molecule has 1 atom stereocenters. The largest absolute Gasteiger partial charge is 0.340 e. The van der Waals surface area contributed by atoms with Crippen molar-refractivity contribution < 1.29 is 9.59 Å². The number of piperazine rings is 1. The fourth-order valence-corrected chi connectivity index (χ4v) is 3.42. The molecule has 2 heterocycles. The summed E-state index contributed by atoms with van der Waals surface area (Å²) < 4.78 is 0. The Morgan fingerprint density at radius 1 is 1.13 bits per heavy atom. The molecule has 124 valence electrons. The first-order valence-corrected chi connectivity index (χ1v) is 8.31. The molecule has 0 aromatic heterocycles. The Kier molecular flexibility index (Phi) is 4.39. The maximum Gasteiger partial charge on any atom is 0.228 e. The van der Waals surface area contributed by atoms with E-state index in [4.69, 9.17) is 0 Å². The van der Waals surface area contributed by atoms with E-state index in [0.29, 0.717) is 13.0 Å². The highest BCUT2D eigenvalue weighted by molar-refractivity contribution is 6.00. The lowest BCUT2D eigenvalue weighted by atomic mass is 10.1. The van der Waals surface area contributed by atoms with Gasteiger partial charge < -0.3 is 14.7 Å². The van der Waals surface area contributed by atoms with Gasteiger partial charge in [-0.1, -0.05) is 12.1 Å². The van der Waals surface area contributed by atoms with Crippen LogP contribution in [0.25, 0.3) is 0 Å². The smallest absolute Gasteiger partial charge is 0.228 e. The van der Waals surface area contributed by atoms with Crippen LogP contribution in [0.15, 0.2) is 18.2 Å². The van der Waals surface area contributed by atoms with E-state index < -0.39 is 0 Å². The number of benzene rings is 1. The summed E-state index contributed by atoms with van der Waals surface area (Å²) in [6.45, 7) is 7.95. The van der Waals surface area contributed by atoms with Crippen LogP contribution in [0.3, 0.4) is 0 Å². The van der Waals surface area contributed by atoms with Crippen molar-refractivity contribution in [1.29, 1.82) is 0 Å². The molecule has 0 N–H and O–H groups in total. The van der Waals surface area contributed by atoms with E-state index in [1.54, 1.807) is 4.90 Å². The van der Waals surface area contributed by atoms with E-state index in [0.717, 1.165) is 37.4 Å². The second-order valence-corrected chi connectivity index (χ2v) is 6.75. The summed E-state index contributed by atoms with van der Waals surface area (Å²) in [4.78, 5) is 31.1. The van der Waals surface area contributed by atoms with Crippen molar-refractivity contribution in [2.75, 3.05) is 44.7 Å². The van der Waals surface area contributed by atoms with Gasteiger partial charge in [-0.3, -0.25) is 9.59 Å². The maximum absolute atomic E-state index is 12.7. The minimum absolute atomic E-state index is 0.0613. The fourth-order valence-electron chi connectivity index (χ4n) is 3.42. The van der Waals surface area contributed by atoms with Crippen LogP contribution in [0.4, 0.5) is 5.69 Å². The van der Waals surface area contributed by atoms with Crippen LogP contribution >= 0.6 is 0 Å². The number of amides is 2. The van der Waals surface area contributed by atoms with Gasteiger partial charge in [0.15, 0.2) is 0 Å². The van der Waals surface area contributed by atoms with Gasteiger partial charge in [-0.2, -0.15) is 0 Å². The van der Waals surface area contributed by atoms with E-state index in [1.807, 2.05) is 36.9 Å². The van der Waals surface area contributed by atoms with Crippen LogP contribution in [0.2, 0.25) is 0 Å². The Morgan fingerprint density at radius 3 is 2.52 bits per heavy atom. The van der Waals surface area contributed by atoms with Gasteiger partial charge in [-0.05, 0) is 38.1 Å². The molecule has 2 saturated heterocycles. The van der Waals surface area contributed by atoms with Gasteiger partial charge in [0.25, 0.3) is 0 Å². The van der Waals surface area contributed by atoms with E-state index in [1.165, 1.54) is 5.56 Å². The van der Waals surface area contributed by atoms with Crippen molar-refractivity contribution in [2.45, 2.75) is 20.3 Å². The maximum atomic E-state index is 12.7. The molecule has 0 saturated carbocycles. The fraction of sp³-hybridized carbons (Fsp3) is 0.556. The third-order valence-corrected chi connectivity index (χ3v) is 5.16. The summed E-state index contributed by atoms with van der Waals surface area (Å²) in [5.74, 6) is -0.00347. The quantitative estimate of drug-likeness (QED) is 0.829. The topological polar surface area (TPSA) is 43.9 Å². The van der Waals surface area contributed by atoms with Crippen LogP contribution in [-0.4, -0.2) is 61.4 Å². The second-order valence-electron chi connectivity index (χ2n) is 6.75. The number of nitrogens with zero attached hydrogens (tertiary/aromatic N) is 3. The number of rotatable bonds is 2. The molecule has 0 bridgehead atoms. The van der Waals surface area contributed by atoms with Crippen LogP contribution in [0, 0.1) is 19.8 Å². The normalized spacial score (nSPS) is 22.7. The van der Waals surface area contributed by atoms with Crippen LogP contribution in [0.1, 0.15) is 17.5 Å². The first-order chi connectivity index (χ1) is 11.0. The van der Waals surface area contributed by atoms with Crippen LogP contribution < -0.4 is 4.90 Å². The zero-order valence-electron chi connectivity index (χ0n) is 14.2. The third kappa shape index (κ3) is 3.11. The van der Waals surface area contributed by atoms with Crippen molar-refractivity contribution in [1.82, 2.24) is 9.80 Å². The molecule has 2 aliphatic rings. The Morgan fingerprint density at radius 2 is 1.83 bits per heavy atom. The van der Waals surface area contributed by atoms with Gasteiger partial charge in [0.05, 0.1) is 5.92 Å². The summed E-state index contributed by atoms with van der Waals surface area (Å²) in [6.07, 6.45) is 0.332. The molecule has 5 nitrogen and oxygen atoms in total. The average Bonchev–Trinajstić information content (AvgIpc) is 2.92. The summed E-state index contributed by atoms with van der Waals surface area (Å²) in [6, 6.07) is 6.00. The molecule has 3 rings (SSSR count). The first-order valence-electron chi connectivity index (χ1n) is 8.31. The summed E-state index contributed by atoms with van der Waals surface area (Å²) in [5.41, 5.74) is 3.24. The number of hydrogen-bond donors (Lipinski definition) is 0. The number of hydrogen-bond acceptors (Lipinski definition) is 3. The molecule has 2 fully saturated rings. The van der Waals surface area contributed by atoms with Gasteiger partial charge in [0, 0.05) is 44.8 Å². The van der Waals surface area contributed by atoms with Crippen molar-refractivity contribution in [3.05, 3.63) is 29.3 Å². The Balaban J connectivity index is 1.72. The first kappa shape index (κ1) is 16.0. The van der Waals surface area contributed by atoms with E-state index in [2.05, 4.69) is 11.9 Å².